The van der Waals surface area contributed by atoms with Crippen LogP contribution in [0.15, 0.2) is 71.2 Å². The van der Waals surface area contributed by atoms with E-state index in [0.717, 1.165) is 17.0 Å². The van der Waals surface area contributed by atoms with Gasteiger partial charge in [0.1, 0.15) is 18.2 Å². The number of halogens is 1. The second-order valence-electron chi connectivity index (χ2n) is 7.56. The molecule has 1 aliphatic rings. The summed E-state index contributed by atoms with van der Waals surface area (Å²) in [7, 11) is 0. The van der Waals surface area contributed by atoms with Crippen LogP contribution in [0.1, 0.15) is 19.2 Å². The first-order valence-corrected chi connectivity index (χ1v) is 12.5. The molecule has 172 valence electrons. The van der Waals surface area contributed by atoms with E-state index in [1.54, 1.807) is 18.2 Å². The Balaban J connectivity index is 1.44. The van der Waals surface area contributed by atoms with Gasteiger partial charge < -0.3 is 9.64 Å². The monoisotopic (exact) mass is 484 g/mol. The summed E-state index contributed by atoms with van der Waals surface area (Å²) in [5.41, 5.74) is 0.971. The molecular formula is C24H25FN4O2S2. The summed E-state index contributed by atoms with van der Waals surface area (Å²) in [6, 6.07) is 13.9. The SMILES string of the molecule is C=CCn1c(COc2ccc(F)cc2)nnc1SCC(=O)N1CC[C@H](C)Sc2ccccc21. The maximum Gasteiger partial charge on any atom is 0.237 e. The molecule has 6 nitrogen and oxygen atoms in total. The first-order chi connectivity index (χ1) is 16.0. The highest BCUT2D eigenvalue weighted by atomic mass is 32.2. The minimum absolute atomic E-state index is 0.0411. The number of ether oxygens (including phenoxy) is 1. The van der Waals surface area contributed by atoms with Crippen LogP contribution in [0.3, 0.4) is 0 Å². The minimum atomic E-state index is -0.319. The fraction of sp³-hybridized carbons (Fsp3) is 0.292. The molecule has 1 amide bonds. The molecular weight excluding hydrogens is 459 g/mol. The Morgan fingerprint density at radius 3 is 2.85 bits per heavy atom. The standard InChI is InChI=1S/C24H25FN4O2S2/c1-3-13-29-22(15-31-19-10-8-18(25)9-11-19)26-27-24(29)32-16-23(30)28-14-12-17(2)33-21-7-5-4-6-20(21)28/h3-11,17H,1,12-16H2,2H3/t17-/m0/s1. The number of carbonyl (C=O) groups excluding carboxylic acids is 1. The quantitative estimate of drug-likeness (QED) is 0.324. The third kappa shape index (κ3) is 5.78. The van der Waals surface area contributed by atoms with Gasteiger partial charge in [0.25, 0.3) is 0 Å². The molecule has 0 radical (unpaired) electrons. The molecule has 0 fully saturated rings. The number of carbonyl (C=O) groups is 1. The zero-order chi connectivity index (χ0) is 23.2. The van der Waals surface area contributed by atoms with Crippen LogP contribution in [0.4, 0.5) is 10.1 Å². The van der Waals surface area contributed by atoms with Crippen LogP contribution in [0.5, 0.6) is 5.75 Å². The van der Waals surface area contributed by atoms with E-state index in [9.17, 15) is 9.18 Å². The number of amides is 1. The van der Waals surface area contributed by atoms with E-state index >= 15 is 0 Å². The second kappa shape index (κ2) is 10.9. The Morgan fingerprint density at radius 1 is 1.27 bits per heavy atom. The number of fused-ring (bicyclic) bond motifs is 1. The van der Waals surface area contributed by atoms with Crippen molar-refractivity contribution in [1.82, 2.24) is 14.8 Å². The van der Waals surface area contributed by atoms with Gasteiger partial charge >= 0.3 is 0 Å². The van der Waals surface area contributed by atoms with E-state index < -0.39 is 0 Å². The van der Waals surface area contributed by atoms with Crippen molar-refractivity contribution in [2.75, 3.05) is 17.2 Å². The molecule has 0 saturated carbocycles. The third-order valence-electron chi connectivity index (χ3n) is 5.16. The lowest BCUT2D eigenvalue weighted by molar-refractivity contribution is -0.116. The maximum atomic E-state index is 13.2. The van der Waals surface area contributed by atoms with Crippen LogP contribution >= 0.6 is 23.5 Å². The fourth-order valence-corrected chi connectivity index (χ4v) is 5.43. The third-order valence-corrected chi connectivity index (χ3v) is 7.34. The molecule has 33 heavy (non-hydrogen) atoms. The van der Waals surface area contributed by atoms with Gasteiger partial charge in [-0.15, -0.1) is 28.5 Å². The van der Waals surface area contributed by atoms with Crippen molar-refractivity contribution in [2.45, 2.75) is 41.8 Å². The van der Waals surface area contributed by atoms with Gasteiger partial charge in [0.05, 0.1) is 11.4 Å². The van der Waals surface area contributed by atoms with Crippen molar-refractivity contribution in [3.05, 3.63) is 72.8 Å². The molecule has 9 heteroatoms. The number of anilines is 1. The van der Waals surface area contributed by atoms with Gasteiger partial charge in [-0.3, -0.25) is 9.36 Å². The molecule has 1 aliphatic heterocycles. The van der Waals surface area contributed by atoms with Gasteiger partial charge in [0, 0.05) is 23.2 Å². The Morgan fingerprint density at radius 2 is 2.06 bits per heavy atom. The lowest BCUT2D eigenvalue weighted by Crippen LogP contribution is -2.33. The van der Waals surface area contributed by atoms with Crippen molar-refractivity contribution in [2.24, 2.45) is 0 Å². The lowest BCUT2D eigenvalue weighted by Gasteiger charge is -2.22. The predicted molar refractivity (Wildman–Crippen MR) is 130 cm³/mol. The predicted octanol–water partition coefficient (Wildman–Crippen LogP) is 5.19. The molecule has 2 aromatic carbocycles. The highest BCUT2D eigenvalue weighted by Crippen LogP contribution is 2.37. The number of aromatic nitrogens is 3. The lowest BCUT2D eigenvalue weighted by atomic mass is 10.2. The zero-order valence-corrected chi connectivity index (χ0v) is 19.9. The number of thioether (sulfide) groups is 2. The minimum Gasteiger partial charge on any atom is -0.486 e. The highest BCUT2D eigenvalue weighted by molar-refractivity contribution is 8.00. The largest absolute Gasteiger partial charge is 0.486 e. The topological polar surface area (TPSA) is 60.2 Å². The Labute approximate surface area is 201 Å². The van der Waals surface area contributed by atoms with E-state index in [1.165, 1.54) is 23.9 Å². The number of benzene rings is 2. The smallest absolute Gasteiger partial charge is 0.237 e. The number of hydrogen-bond donors (Lipinski definition) is 0. The summed E-state index contributed by atoms with van der Waals surface area (Å²) >= 11 is 3.17. The molecule has 0 bridgehead atoms. The van der Waals surface area contributed by atoms with Crippen molar-refractivity contribution < 1.29 is 13.9 Å². The van der Waals surface area contributed by atoms with Crippen LogP contribution < -0.4 is 9.64 Å². The van der Waals surface area contributed by atoms with Crippen LogP contribution in [0.2, 0.25) is 0 Å². The molecule has 0 N–H and O–H groups in total. The van der Waals surface area contributed by atoms with Crippen LogP contribution in [0.25, 0.3) is 0 Å². The van der Waals surface area contributed by atoms with Gasteiger partial charge in [0.15, 0.2) is 11.0 Å². The van der Waals surface area contributed by atoms with Crippen LogP contribution in [0, 0.1) is 5.82 Å². The highest BCUT2D eigenvalue weighted by Gasteiger charge is 2.25. The number of nitrogens with zero attached hydrogens (tertiary/aromatic N) is 4. The summed E-state index contributed by atoms with van der Waals surface area (Å²) < 4.78 is 20.7. The van der Waals surface area contributed by atoms with Gasteiger partial charge in [-0.25, -0.2) is 4.39 Å². The molecule has 1 atom stereocenters. The summed E-state index contributed by atoms with van der Waals surface area (Å²) in [5, 5.41) is 9.59. The van der Waals surface area contributed by atoms with Crippen molar-refractivity contribution in [3.63, 3.8) is 0 Å². The number of para-hydroxylation sites is 1. The first kappa shape index (κ1) is 23.4. The summed E-state index contributed by atoms with van der Waals surface area (Å²) in [4.78, 5) is 16.2. The van der Waals surface area contributed by atoms with E-state index in [-0.39, 0.29) is 24.1 Å². The molecule has 2 heterocycles. The van der Waals surface area contributed by atoms with E-state index in [4.69, 9.17) is 4.74 Å². The Kier molecular flexibility index (Phi) is 7.72. The molecule has 1 aromatic heterocycles. The average Bonchev–Trinajstić information content (AvgIpc) is 3.10. The van der Waals surface area contributed by atoms with Gasteiger partial charge in [0.2, 0.25) is 5.91 Å². The molecule has 0 aliphatic carbocycles. The van der Waals surface area contributed by atoms with Crippen molar-refractivity contribution >= 4 is 35.1 Å². The fourth-order valence-electron chi connectivity index (χ4n) is 3.47. The summed E-state index contributed by atoms with van der Waals surface area (Å²) in [6.45, 7) is 7.37. The molecule has 3 aromatic rings. The van der Waals surface area contributed by atoms with Gasteiger partial charge in [-0.2, -0.15) is 0 Å². The van der Waals surface area contributed by atoms with Crippen molar-refractivity contribution in [3.8, 4) is 5.75 Å². The van der Waals surface area contributed by atoms with Crippen molar-refractivity contribution in [1.29, 1.82) is 0 Å². The van der Waals surface area contributed by atoms with Gasteiger partial charge in [-0.1, -0.05) is 36.9 Å². The number of hydrogen-bond acceptors (Lipinski definition) is 6. The molecule has 0 spiro atoms. The van der Waals surface area contributed by atoms with E-state index in [2.05, 4.69) is 29.8 Å². The van der Waals surface area contributed by atoms with E-state index in [0.29, 0.717) is 35.1 Å². The molecule has 4 rings (SSSR count). The summed E-state index contributed by atoms with van der Waals surface area (Å²) in [5.74, 6) is 1.13. The second-order valence-corrected chi connectivity index (χ2v) is 9.98. The Bertz CT molecular complexity index is 1120. The zero-order valence-electron chi connectivity index (χ0n) is 18.3. The Hall–Kier alpha value is -2.78. The normalized spacial score (nSPS) is 15.6. The number of rotatable bonds is 8. The maximum absolute atomic E-state index is 13.2. The molecule has 0 saturated heterocycles. The van der Waals surface area contributed by atoms with Gasteiger partial charge in [-0.05, 0) is 42.8 Å². The number of allylic oxidation sites excluding steroid dienone is 1. The summed E-state index contributed by atoms with van der Waals surface area (Å²) in [6.07, 6.45) is 2.69. The average molecular weight is 485 g/mol. The molecule has 0 unspecified atom stereocenters. The van der Waals surface area contributed by atoms with E-state index in [1.807, 2.05) is 39.4 Å². The first-order valence-electron chi connectivity index (χ1n) is 10.7. The van der Waals surface area contributed by atoms with Crippen LogP contribution in [-0.2, 0) is 17.9 Å². The van der Waals surface area contributed by atoms with Crippen LogP contribution in [-0.4, -0.2) is 38.2 Å².